The molecule has 2 aromatic carbocycles. The van der Waals surface area contributed by atoms with Crippen LogP contribution in [0.4, 0.5) is 22.7 Å². The molecule has 0 N–H and O–H groups in total. The summed E-state index contributed by atoms with van der Waals surface area (Å²) in [5.41, 5.74) is 3.22. The fourth-order valence-corrected chi connectivity index (χ4v) is 5.91. The number of rotatable bonds is 22. The highest BCUT2D eigenvalue weighted by Gasteiger charge is 2.16. The Balaban J connectivity index is 1.56. The van der Waals surface area contributed by atoms with Crippen molar-refractivity contribution in [2.45, 2.75) is 104 Å². The van der Waals surface area contributed by atoms with Crippen LogP contribution < -0.4 is 4.90 Å². The third-order valence-corrected chi connectivity index (χ3v) is 8.82. The van der Waals surface area contributed by atoms with Gasteiger partial charge in [0.2, 0.25) is 0 Å². The van der Waals surface area contributed by atoms with E-state index in [1.54, 1.807) is 12.1 Å². The maximum absolute atomic E-state index is 11.9. The first-order valence-corrected chi connectivity index (χ1v) is 17.4. The van der Waals surface area contributed by atoms with Gasteiger partial charge in [0.25, 0.3) is 5.69 Å². The minimum absolute atomic E-state index is 0.0199. The van der Waals surface area contributed by atoms with Gasteiger partial charge in [0.1, 0.15) is 0 Å². The summed E-state index contributed by atoms with van der Waals surface area (Å²) in [5.74, 6) is 0. The Kier molecular flexibility index (Phi) is 17.0. The van der Waals surface area contributed by atoms with E-state index < -0.39 is 0 Å². The van der Waals surface area contributed by atoms with Gasteiger partial charge in [-0.15, -0.1) is 5.11 Å². The Morgan fingerprint density at radius 1 is 0.750 bits per heavy atom. The summed E-state index contributed by atoms with van der Waals surface area (Å²) in [5, 5.41) is 20.5. The molecular weight excluding hydrogens is 548 g/mol. The molecule has 0 bridgehead atoms. The molecule has 0 spiro atoms. The average molecular weight is 607 g/mol. The van der Waals surface area contributed by atoms with E-state index in [4.69, 9.17) is 0 Å². The van der Waals surface area contributed by atoms with Crippen LogP contribution >= 0.6 is 0 Å². The van der Waals surface area contributed by atoms with Crippen molar-refractivity contribution in [2.75, 3.05) is 57.8 Å². The standard InChI is InChI=1S/C36H58N6O2/c1-4-6-8-10-12-14-25-41(26-15-13-11-9-7-5-2)34-21-19-33(20-22-34)37-38-35-23-18-32(31-36(35)42(43)44)17-16-24-40-29-27-39(3)28-30-40/h18-23,31H,4-17,24-30H2,1-3H3. The molecular formula is C36H58N6O2. The third-order valence-electron chi connectivity index (χ3n) is 8.82. The monoisotopic (exact) mass is 606 g/mol. The van der Waals surface area contributed by atoms with Gasteiger partial charge in [0.05, 0.1) is 10.6 Å². The smallest absolute Gasteiger partial charge is 0.296 e. The fourth-order valence-electron chi connectivity index (χ4n) is 5.91. The highest BCUT2D eigenvalue weighted by molar-refractivity contribution is 5.59. The van der Waals surface area contributed by atoms with Gasteiger partial charge in [-0.05, 0) is 75.2 Å². The topological polar surface area (TPSA) is 77.6 Å². The Hall–Kier alpha value is -2.84. The molecule has 0 atom stereocenters. The predicted octanol–water partition coefficient (Wildman–Crippen LogP) is 9.72. The second-order valence-corrected chi connectivity index (χ2v) is 12.6. The first-order valence-electron chi connectivity index (χ1n) is 17.4. The van der Waals surface area contributed by atoms with Crippen LogP contribution in [-0.4, -0.2) is 67.6 Å². The lowest BCUT2D eigenvalue weighted by Gasteiger charge is -2.32. The summed E-state index contributed by atoms with van der Waals surface area (Å²) in [6.45, 7) is 12.1. The summed E-state index contributed by atoms with van der Waals surface area (Å²) in [4.78, 5) is 18.9. The second-order valence-electron chi connectivity index (χ2n) is 12.6. The van der Waals surface area contributed by atoms with Crippen LogP contribution in [0.5, 0.6) is 0 Å². The van der Waals surface area contributed by atoms with E-state index in [1.807, 2.05) is 18.2 Å². The van der Waals surface area contributed by atoms with Gasteiger partial charge >= 0.3 is 0 Å². The Morgan fingerprint density at radius 3 is 1.93 bits per heavy atom. The van der Waals surface area contributed by atoms with Crippen molar-refractivity contribution >= 4 is 22.7 Å². The maximum atomic E-state index is 11.9. The summed E-state index contributed by atoms with van der Waals surface area (Å²) >= 11 is 0. The van der Waals surface area contributed by atoms with Crippen LogP contribution in [0.15, 0.2) is 52.7 Å². The highest BCUT2D eigenvalue weighted by Crippen LogP contribution is 2.31. The van der Waals surface area contributed by atoms with Crippen molar-refractivity contribution in [3.05, 3.63) is 58.1 Å². The molecule has 3 rings (SSSR count). The molecule has 1 aliphatic heterocycles. The molecule has 1 saturated heterocycles. The minimum atomic E-state index is -0.343. The zero-order valence-corrected chi connectivity index (χ0v) is 27.9. The van der Waals surface area contributed by atoms with E-state index in [9.17, 15) is 10.1 Å². The van der Waals surface area contributed by atoms with Crippen LogP contribution in [-0.2, 0) is 6.42 Å². The molecule has 1 heterocycles. The Labute approximate surface area is 267 Å². The van der Waals surface area contributed by atoms with Crippen LogP contribution in [0.3, 0.4) is 0 Å². The molecule has 244 valence electrons. The predicted molar refractivity (Wildman–Crippen MR) is 185 cm³/mol. The van der Waals surface area contributed by atoms with Crippen molar-refractivity contribution in [1.82, 2.24) is 9.80 Å². The lowest BCUT2D eigenvalue weighted by Crippen LogP contribution is -2.44. The lowest BCUT2D eigenvalue weighted by atomic mass is 10.1. The van der Waals surface area contributed by atoms with Gasteiger partial charge in [0, 0.05) is 51.0 Å². The second kappa shape index (κ2) is 21.0. The van der Waals surface area contributed by atoms with E-state index >= 15 is 0 Å². The number of hydrogen-bond acceptors (Lipinski definition) is 7. The molecule has 2 aromatic rings. The first-order chi connectivity index (χ1) is 21.5. The molecule has 0 saturated carbocycles. The Morgan fingerprint density at radius 2 is 1.34 bits per heavy atom. The van der Waals surface area contributed by atoms with E-state index in [0.717, 1.165) is 64.2 Å². The van der Waals surface area contributed by atoms with Gasteiger partial charge in [-0.2, -0.15) is 5.11 Å². The number of nitro groups is 1. The number of azo groups is 1. The summed E-state index contributed by atoms with van der Waals surface area (Å²) in [6, 6.07) is 13.6. The van der Waals surface area contributed by atoms with Gasteiger partial charge in [-0.25, -0.2) is 0 Å². The zero-order chi connectivity index (χ0) is 31.4. The van der Waals surface area contributed by atoms with Gasteiger partial charge < -0.3 is 14.7 Å². The van der Waals surface area contributed by atoms with Crippen molar-refractivity contribution < 1.29 is 4.92 Å². The molecule has 8 nitrogen and oxygen atoms in total. The van der Waals surface area contributed by atoms with E-state index in [0.29, 0.717) is 11.4 Å². The summed E-state index contributed by atoms with van der Waals surface area (Å²) in [7, 11) is 2.16. The SMILES string of the molecule is CCCCCCCCN(CCCCCCCC)c1ccc(N=Nc2ccc(CCCN3CCN(C)CC3)cc2[N+](=O)[O-])cc1. The number of hydrogen-bond donors (Lipinski definition) is 0. The first kappa shape index (κ1) is 35.6. The zero-order valence-electron chi connectivity index (χ0n) is 27.9. The van der Waals surface area contributed by atoms with Crippen molar-refractivity contribution in [2.24, 2.45) is 10.2 Å². The number of benzene rings is 2. The van der Waals surface area contributed by atoms with Crippen LogP contribution in [0.2, 0.25) is 0 Å². The number of aryl methyl sites for hydroxylation is 1. The molecule has 1 fully saturated rings. The molecule has 1 aliphatic rings. The van der Waals surface area contributed by atoms with Gasteiger partial charge in [-0.3, -0.25) is 10.1 Å². The number of anilines is 1. The van der Waals surface area contributed by atoms with Crippen LogP contribution in [0.1, 0.15) is 103 Å². The number of piperazine rings is 1. The summed E-state index contributed by atoms with van der Waals surface area (Å²) in [6.07, 6.45) is 17.4. The fraction of sp³-hybridized carbons (Fsp3) is 0.667. The van der Waals surface area contributed by atoms with Crippen molar-refractivity contribution in [1.29, 1.82) is 0 Å². The van der Waals surface area contributed by atoms with Crippen LogP contribution in [0, 0.1) is 10.1 Å². The van der Waals surface area contributed by atoms with Gasteiger partial charge in [0.15, 0.2) is 5.69 Å². The number of nitrogens with zero attached hydrogens (tertiary/aromatic N) is 6. The average Bonchev–Trinajstić information content (AvgIpc) is 3.03. The van der Waals surface area contributed by atoms with Crippen LogP contribution in [0.25, 0.3) is 0 Å². The van der Waals surface area contributed by atoms with Crippen molar-refractivity contribution in [3.8, 4) is 0 Å². The Bertz CT molecular complexity index is 1080. The minimum Gasteiger partial charge on any atom is -0.372 e. The third kappa shape index (κ3) is 13.4. The van der Waals surface area contributed by atoms with E-state index in [1.165, 1.54) is 82.7 Å². The normalized spacial score (nSPS) is 14.4. The highest BCUT2D eigenvalue weighted by atomic mass is 16.6. The van der Waals surface area contributed by atoms with E-state index in [-0.39, 0.29) is 10.6 Å². The number of likely N-dealkylation sites (N-methyl/N-ethyl adjacent to an activating group) is 1. The molecule has 0 aromatic heterocycles. The molecule has 0 amide bonds. The lowest BCUT2D eigenvalue weighted by molar-refractivity contribution is -0.384. The molecule has 44 heavy (non-hydrogen) atoms. The molecule has 0 aliphatic carbocycles. The number of unbranched alkanes of at least 4 members (excludes halogenated alkanes) is 10. The van der Waals surface area contributed by atoms with Gasteiger partial charge in [-0.1, -0.05) is 84.1 Å². The van der Waals surface area contributed by atoms with Crippen molar-refractivity contribution in [3.63, 3.8) is 0 Å². The molecule has 0 radical (unpaired) electrons. The maximum Gasteiger partial charge on any atom is 0.296 e. The summed E-state index contributed by atoms with van der Waals surface area (Å²) < 4.78 is 0. The number of nitro benzene ring substituents is 1. The quantitative estimate of drug-likeness (QED) is 0.0577. The molecule has 8 heteroatoms. The van der Waals surface area contributed by atoms with E-state index in [2.05, 4.69) is 58.0 Å². The molecule has 0 unspecified atom stereocenters. The largest absolute Gasteiger partial charge is 0.372 e.